The van der Waals surface area contributed by atoms with Crippen LogP contribution in [0.2, 0.25) is 0 Å². The van der Waals surface area contributed by atoms with E-state index >= 15 is 0 Å². The van der Waals surface area contributed by atoms with Gasteiger partial charge in [0.2, 0.25) is 0 Å². The van der Waals surface area contributed by atoms with Crippen LogP contribution in [0.15, 0.2) is 12.2 Å². The van der Waals surface area contributed by atoms with E-state index in [1.807, 2.05) is 0 Å². The Morgan fingerprint density at radius 3 is 1.38 bits per heavy atom. The van der Waals surface area contributed by atoms with Crippen LogP contribution in [-0.2, 0) is 33.2 Å². The predicted molar refractivity (Wildman–Crippen MR) is 257 cm³/mol. The van der Waals surface area contributed by atoms with E-state index in [1.165, 1.54) is 141 Å². The van der Waals surface area contributed by atoms with Crippen molar-refractivity contribution in [1.29, 1.82) is 0 Å². The monoisotopic (exact) mass is 947 g/mol. The largest absolute Gasteiger partial charge is 0.457 e. The molecule has 0 aromatic rings. The third-order valence-electron chi connectivity index (χ3n) is 13.0. The normalized spacial score (nSPS) is 26.3. The van der Waals surface area contributed by atoms with Crippen molar-refractivity contribution in [3.63, 3.8) is 0 Å². The first-order valence-corrected chi connectivity index (χ1v) is 26.8. The Balaban J connectivity index is 1.75. The zero-order valence-electron chi connectivity index (χ0n) is 41.4. The van der Waals surface area contributed by atoms with Gasteiger partial charge < -0.3 is 64.2 Å². The SMILES string of the molecule is CCCCCCCC/C=C\CCCCCCCCOCC(COC1OC(COC2OC(CO)C(O)C(O)C2O)C(O)C(O)C1O)OC(=O)CCCCCCCCCCCCCCCCCC. The first-order valence-electron chi connectivity index (χ1n) is 26.8. The molecule has 0 amide bonds. The van der Waals surface area contributed by atoms with Crippen molar-refractivity contribution in [3.8, 4) is 0 Å². The predicted octanol–water partition coefficient (Wildman–Crippen LogP) is 8.24. The van der Waals surface area contributed by atoms with Crippen molar-refractivity contribution in [2.24, 2.45) is 0 Å². The summed E-state index contributed by atoms with van der Waals surface area (Å²) in [6.07, 6.45) is 25.5. The summed E-state index contributed by atoms with van der Waals surface area (Å²) < 4.78 is 34.3. The fourth-order valence-corrected chi connectivity index (χ4v) is 8.63. The second-order valence-electron chi connectivity index (χ2n) is 19.1. The van der Waals surface area contributed by atoms with Gasteiger partial charge in [-0.25, -0.2) is 0 Å². The molecule has 14 nitrogen and oxygen atoms in total. The molecule has 0 radical (unpaired) electrons. The lowest BCUT2D eigenvalue weighted by Gasteiger charge is -2.42. The highest BCUT2D eigenvalue weighted by molar-refractivity contribution is 5.69. The Morgan fingerprint density at radius 2 is 0.894 bits per heavy atom. The van der Waals surface area contributed by atoms with Crippen LogP contribution in [0.3, 0.4) is 0 Å². The molecule has 2 aliphatic rings. The first kappa shape index (κ1) is 60.9. The molecule has 2 saturated heterocycles. The maximum atomic E-state index is 13.0. The minimum Gasteiger partial charge on any atom is -0.457 e. The van der Waals surface area contributed by atoms with Gasteiger partial charge in [0.15, 0.2) is 12.6 Å². The summed E-state index contributed by atoms with van der Waals surface area (Å²) in [5.41, 5.74) is 0. The molecule has 2 fully saturated rings. The molecule has 0 saturated carbocycles. The number of esters is 1. The standard InChI is InChI=1S/C52H98O14/c1-3-5-7-9-11-13-15-17-19-21-23-25-27-29-31-33-35-44(54)64-41(38-61-36-34-32-30-28-26-24-22-20-18-16-14-12-10-8-6-4-2)39-62-51-50(60)48(58)46(56)43(66-51)40-63-52-49(59)47(57)45(55)42(37-53)65-52/h18,20,41-43,45-53,55-60H,3-17,19,21-40H2,1-2H3/b20-18-. The summed E-state index contributed by atoms with van der Waals surface area (Å²) in [5, 5.41) is 72.2. The van der Waals surface area contributed by atoms with Crippen LogP contribution in [0, 0.1) is 0 Å². The van der Waals surface area contributed by atoms with E-state index in [4.69, 9.17) is 28.4 Å². The molecule has 66 heavy (non-hydrogen) atoms. The summed E-state index contributed by atoms with van der Waals surface area (Å²) in [6.45, 7) is 3.70. The average molecular weight is 947 g/mol. The van der Waals surface area contributed by atoms with Crippen LogP contribution in [-0.4, -0.2) is 142 Å². The molecule has 11 unspecified atom stereocenters. The number of carbonyl (C=O) groups excluding carboxylic acids is 1. The topological polar surface area (TPSA) is 214 Å². The van der Waals surface area contributed by atoms with Crippen LogP contribution >= 0.6 is 0 Å². The quantitative estimate of drug-likeness (QED) is 0.0174. The van der Waals surface area contributed by atoms with E-state index in [0.717, 1.165) is 44.9 Å². The number of aliphatic hydroxyl groups excluding tert-OH is 7. The zero-order valence-corrected chi connectivity index (χ0v) is 41.4. The highest BCUT2D eigenvalue weighted by Crippen LogP contribution is 2.26. The number of allylic oxidation sites excluding steroid dienone is 2. The van der Waals surface area contributed by atoms with Crippen LogP contribution in [0.1, 0.15) is 213 Å². The van der Waals surface area contributed by atoms with Crippen LogP contribution in [0.4, 0.5) is 0 Å². The minimum atomic E-state index is -1.70. The van der Waals surface area contributed by atoms with E-state index < -0.39 is 80.7 Å². The first-order chi connectivity index (χ1) is 32.1. The Morgan fingerprint density at radius 1 is 0.485 bits per heavy atom. The van der Waals surface area contributed by atoms with Gasteiger partial charge in [-0.3, -0.25) is 4.79 Å². The number of aliphatic hydroxyl groups is 7. The lowest BCUT2D eigenvalue weighted by molar-refractivity contribution is -0.332. The van der Waals surface area contributed by atoms with Crippen molar-refractivity contribution in [1.82, 2.24) is 0 Å². The molecule has 0 bridgehead atoms. The van der Waals surface area contributed by atoms with E-state index in [1.54, 1.807) is 0 Å². The molecule has 2 heterocycles. The molecule has 14 heteroatoms. The van der Waals surface area contributed by atoms with Gasteiger partial charge in [-0.1, -0.05) is 180 Å². The van der Waals surface area contributed by atoms with Gasteiger partial charge in [-0.15, -0.1) is 0 Å². The van der Waals surface area contributed by atoms with Crippen LogP contribution in [0.5, 0.6) is 0 Å². The van der Waals surface area contributed by atoms with Crippen LogP contribution < -0.4 is 0 Å². The summed E-state index contributed by atoms with van der Waals surface area (Å²) >= 11 is 0. The molecule has 0 aliphatic carbocycles. The number of rotatable bonds is 43. The van der Waals surface area contributed by atoms with Crippen molar-refractivity contribution in [2.75, 3.05) is 33.0 Å². The second-order valence-corrected chi connectivity index (χ2v) is 19.1. The van der Waals surface area contributed by atoms with E-state index in [9.17, 15) is 40.5 Å². The molecule has 7 N–H and O–H groups in total. The van der Waals surface area contributed by atoms with Gasteiger partial charge >= 0.3 is 5.97 Å². The van der Waals surface area contributed by atoms with Crippen molar-refractivity contribution < 1.29 is 69.0 Å². The fraction of sp³-hybridized carbons (Fsp3) is 0.942. The molecular weight excluding hydrogens is 849 g/mol. The Hall–Kier alpha value is -1.27. The van der Waals surface area contributed by atoms with Crippen molar-refractivity contribution in [3.05, 3.63) is 12.2 Å². The zero-order chi connectivity index (χ0) is 48.0. The maximum absolute atomic E-state index is 13.0. The fourth-order valence-electron chi connectivity index (χ4n) is 8.63. The van der Waals surface area contributed by atoms with E-state index in [-0.39, 0.29) is 25.6 Å². The molecule has 390 valence electrons. The van der Waals surface area contributed by atoms with Crippen molar-refractivity contribution in [2.45, 2.75) is 280 Å². The van der Waals surface area contributed by atoms with Gasteiger partial charge in [-0.2, -0.15) is 0 Å². The highest BCUT2D eigenvalue weighted by atomic mass is 16.7. The van der Waals surface area contributed by atoms with Gasteiger partial charge in [0.25, 0.3) is 0 Å². The average Bonchev–Trinajstić information content (AvgIpc) is 3.31. The minimum absolute atomic E-state index is 0.0629. The number of unbranched alkanes of at least 4 members (excludes halogenated alkanes) is 27. The maximum Gasteiger partial charge on any atom is 0.306 e. The Labute approximate surface area is 399 Å². The number of hydrogen-bond donors (Lipinski definition) is 7. The van der Waals surface area contributed by atoms with E-state index in [0.29, 0.717) is 13.0 Å². The van der Waals surface area contributed by atoms with Crippen molar-refractivity contribution >= 4 is 5.97 Å². The third-order valence-corrected chi connectivity index (χ3v) is 13.0. The molecule has 0 aromatic heterocycles. The molecule has 2 rings (SSSR count). The molecular formula is C52H98O14. The van der Waals surface area contributed by atoms with Gasteiger partial charge in [0.1, 0.15) is 54.9 Å². The summed E-state index contributed by atoms with van der Waals surface area (Å²) in [5.74, 6) is -0.374. The third kappa shape index (κ3) is 27.8. The number of ether oxygens (including phenoxy) is 6. The summed E-state index contributed by atoms with van der Waals surface area (Å²) in [6, 6.07) is 0. The van der Waals surface area contributed by atoms with Crippen LogP contribution in [0.25, 0.3) is 0 Å². The van der Waals surface area contributed by atoms with Gasteiger partial charge in [0.05, 0.1) is 26.4 Å². The van der Waals surface area contributed by atoms with Gasteiger partial charge in [-0.05, 0) is 38.5 Å². The number of carbonyl (C=O) groups is 1. The lowest BCUT2D eigenvalue weighted by atomic mass is 9.98. The van der Waals surface area contributed by atoms with E-state index in [2.05, 4.69) is 26.0 Å². The molecule has 2 aliphatic heterocycles. The molecule has 0 aromatic carbocycles. The summed E-state index contributed by atoms with van der Waals surface area (Å²) in [4.78, 5) is 13.0. The lowest BCUT2D eigenvalue weighted by Crippen LogP contribution is -2.61. The second kappa shape index (κ2) is 40.5. The summed E-state index contributed by atoms with van der Waals surface area (Å²) in [7, 11) is 0. The number of hydrogen-bond acceptors (Lipinski definition) is 14. The molecule has 11 atom stereocenters. The highest BCUT2D eigenvalue weighted by Gasteiger charge is 2.47. The Kier molecular flexibility index (Phi) is 37.3. The Bertz CT molecular complexity index is 1140. The molecule has 0 spiro atoms. The smallest absolute Gasteiger partial charge is 0.306 e. The van der Waals surface area contributed by atoms with Gasteiger partial charge in [0, 0.05) is 13.0 Å².